The molecule has 0 aromatic heterocycles. The van der Waals surface area contributed by atoms with Crippen molar-refractivity contribution in [3.63, 3.8) is 0 Å². The number of hydrogen-bond acceptors (Lipinski definition) is 5. The van der Waals surface area contributed by atoms with Crippen LogP contribution in [0, 0.1) is 12.3 Å². The number of amides is 1. The van der Waals surface area contributed by atoms with Crippen LogP contribution < -0.4 is 5.32 Å². The Morgan fingerprint density at radius 1 is 1.19 bits per heavy atom. The Labute approximate surface area is 184 Å². The number of carbonyl (C=O) groups is 1. The van der Waals surface area contributed by atoms with Crippen LogP contribution in [0.3, 0.4) is 0 Å². The summed E-state index contributed by atoms with van der Waals surface area (Å²) in [5.41, 5.74) is 6.28. The Balaban J connectivity index is 1.79. The Morgan fingerprint density at radius 2 is 1.90 bits per heavy atom. The zero-order valence-corrected chi connectivity index (χ0v) is 19.2. The number of aryl methyl sites for hydroxylation is 1. The summed E-state index contributed by atoms with van der Waals surface area (Å²) >= 11 is 0. The van der Waals surface area contributed by atoms with Gasteiger partial charge in [0.05, 0.1) is 5.71 Å². The molecule has 0 spiro atoms. The van der Waals surface area contributed by atoms with Crippen molar-refractivity contribution in [2.24, 2.45) is 15.7 Å². The van der Waals surface area contributed by atoms with Crippen molar-refractivity contribution in [3.05, 3.63) is 70.3 Å². The molecule has 1 fully saturated rings. The van der Waals surface area contributed by atoms with Gasteiger partial charge in [0.25, 0.3) is 5.91 Å². The summed E-state index contributed by atoms with van der Waals surface area (Å²) in [7, 11) is 2.98. The van der Waals surface area contributed by atoms with E-state index in [1.807, 2.05) is 32.0 Å². The van der Waals surface area contributed by atoms with Gasteiger partial charge in [-0.3, -0.25) is 4.79 Å². The van der Waals surface area contributed by atoms with Gasteiger partial charge in [-0.2, -0.15) is 0 Å². The smallest absolute Gasteiger partial charge is 0.273 e. The third-order valence-electron chi connectivity index (χ3n) is 5.92. The van der Waals surface area contributed by atoms with E-state index in [1.165, 1.54) is 19.1 Å². The van der Waals surface area contributed by atoms with Crippen LogP contribution in [0.1, 0.15) is 60.9 Å². The van der Waals surface area contributed by atoms with Gasteiger partial charge < -0.3 is 15.0 Å². The lowest BCUT2D eigenvalue weighted by atomic mass is 9.98. The van der Waals surface area contributed by atoms with Crippen LogP contribution in [0.15, 0.2) is 52.8 Å². The fraction of sp³-hybridized carbons (Fsp3) is 0.400. The van der Waals surface area contributed by atoms with Gasteiger partial charge in [-0.25, -0.2) is 0 Å². The topological polar surface area (TPSA) is 72.3 Å². The van der Waals surface area contributed by atoms with Crippen molar-refractivity contribution in [1.29, 1.82) is 0 Å². The highest BCUT2D eigenvalue weighted by molar-refractivity contribution is 6.45. The van der Waals surface area contributed by atoms with E-state index in [-0.39, 0.29) is 18.2 Å². The van der Waals surface area contributed by atoms with Gasteiger partial charge >= 0.3 is 0 Å². The van der Waals surface area contributed by atoms with Gasteiger partial charge in [0.1, 0.15) is 13.7 Å². The number of oxime groups is 2. The fourth-order valence-electron chi connectivity index (χ4n) is 3.80. The highest BCUT2D eigenvalue weighted by Crippen LogP contribution is 2.58. The van der Waals surface area contributed by atoms with Gasteiger partial charge in [0.2, 0.25) is 0 Å². The maximum atomic E-state index is 12.3. The van der Waals surface area contributed by atoms with E-state index in [9.17, 15) is 4.79 Å². The highest BCUT2D eigenvalue weighted by Gasteiger charge is 2.46. The second-order valence-corrected chi connectivity index (χ2v) is 8.62. The zero-order chi connectivity index (χ0) is 22.6. The largest absolute Gasteiger partial charge is 0.398 e. The minimum absolute atomic E-state index is 0.202. The minimum Gasteiger partial charge on any atom is -0.398 e. The van der Waals surface area contributed by atoms with Gasteiger partial charge in [0.15, 0.2) is 5.71 Å². The first-order valence-electron chi connectivity index (χ1n) is 10.5. The van der Waals surface area contributed by atoms with Crippen LogP contribution in [0.25, 0.3) is 0 Å². The summed E-state index contributed by atoms with van der Waals surface area (Å²) in [4.78, 5) is 22.9. The van der Waals surface area contributed by atoms with Crippen LogP contribution in [0.5, 0.6) is 0 Å². The molecule has 0 saturated heterocycles. The summed E-state index contributed by atoms with van der Waals surface area (Å²) in [5, 5.41) is 10.9. The van der Waals surface area contributed by atoms with E-state index in [0.717, 1.165) is 22.4 Å². The zero-order valence-electron chi connectivity index (χ0n) is 19.2. The molecule has 1 unspecified atom stereocenters. The summed E-state index contributed by atoms with van der Waals surface area (Å²) < 4.78 is 0. The molecule has 6 nitrogen and oxygen atoms in total. The summed E-state index contributed by atoms with van der Waals surface area (Å²) in [5.74, 6) is 0.284. The van der Waals surface area contributed by atoms with Gasteiger partial charge in [-0.1, -0.05) is 60.6 Å². The van der Waals surface area contributed by atoms with E-state index in [4.69, 9.17) is 9.68 Å². The molecule has 0 radical (unpaired) electrons. The molecule has 1 atom stereocenters. The fourth-order valence-corrected chi connectivity index (χ4v) is 3.80. The lowest BCUT2D eigenvalue weighted by molar-refractivity contribution is -0.114. The Kier molecular flexibility index (Phi) is 6.78. The summed E-state index contributed by atoms with van der Waals surface area (Å²) in [6, 6.07) is 14.2. The molecular weight excluding hydrogens is 390 g/mol. The lowest BCUT2D eigenvalue weighted by Gasteiger charge is -2.13. The van der Waals surface area contributed by atoms with Crippen molar-refractivity contribution in [2.75, 3.05) is 14.2 Å². The highest BCUT2D eigenvalue weighted by atomic mass is 16.6. The number of nitrogens with one attached hydrogen (secondary N) is 1. The Morgan fingerprint density at radius 3 is 2.55 bits per heavy atom. The van der Waals surface area contributed by atoms with Gasteiger partial charge in [-0.05, 0) is 54.4 Å². The normalized spacial score (nSPS) is 17.8. The average Bonchev–Trinajstić information content (AvgIpc) is 3.40. The molecule has 1 saturated carbocycles. The predicted octanol–water partition coefficient (Wildman–Crippen LogP) is 4.55. The SMILES string of the molecule is CNC(=O)/C(=N/OC)c1cccc(C)c1CO/N=C(\C)c1cccc(C2CC2(C)C)c1. The number of benzene rings is 2. The molecule has 31 heavy (non-hydrogen) atoms. The van der Waals surface area contributed by atoms with Crippen LogP contribution in [-0.4, -0.2) is 31.5 Å². The van der Waals surface area contributed by atoms with E-state index in [0.29, 0.717) is 16.9 Å². The van der Waals surface area contributed by atoms with Crippen LogP contribution in [0.2, 0.25) is 0 Å². The third kappa shape index (κ3) is 5.13. The molecule has 164 valence electrons. The van der Waals surface area contributed by atoms with Crippen molar-refractivity contribution < 1.29 is 14.5 Å². The maximum absolute atomic E-state index is 12.3. The third-order valence-corrected chi connectivity index (χ3v) is 5.92. The number of nitrogens with zero attached hydrogens (tertiary/aromatic N) is 2. The van der Waals surface area contributed by atoms with E-state index >= 15 is 0 Å². The molecule has 2 aromatic carbocycles. The second kappa shape index (κ2) is 9.33. The molecule has 2 aromatic rings. The Hall–Kier alpha value is -3.15. The van der Waals surface area contributed by atoms with Crippen LogP contribution in [0.4, 0.5) is 0 Å². The number of carbonyl (C=O) groups excluding carboxylic acids is 1. The molecule has 0 heterocycles. The molecule has 3 rings (SSSR count). The number of rotatable bonds is 8. The molecule has 6 heteroatoms. The molecule has 1 N–H and O–H groups in total. The van der Waals surface area contributed by atoms with E-state index in [1.54, 1.807) is 7.05 Å². The molecule has 1 aliphatic rings. The van der Waals surface area contributed by atoms with E-state index < -0.39 is 0 Å². The second-order valence-electron chi connectivity index (χ2n) is 8.62. The van der Waals surface area contributed by atoms with E-state index in [2.05, 4.69) is 53.7 Å². The minimum atomic E-state index is -0.326. The average molecular weight is 422 g/mol. The Bertz CT molecular complexity index is 1020. The lowest BCUT2D eigenvalue weighted by Crippen LogP contribution is -2.29. The van der Waals surface area contributed by atoms with Crippen molar-refractivity contribution >= 4 is 17.3 Å². The quantitative estimate of drug-likeness (QED) is 0.502. The van der Waals surface area contributed by atoms with Crippen molar-refractivity contribution in [1.82, 2.24) is 5.32 Å². The van der Waals surface area contributed by atoms with Crippen molar-refractivity contribution in [3.8, 4) is 0 Å². The molecular formula is C25H31N3O3. The number of likely N-dealkylation sites (N-methyl/N-ethyl adjacent to an activating group) is 1. The van der Waals surface area contributed by atoms with Crippen LogP contribution >= 0.6 is 0 Å². The van der Waals surface area contributed by atoms with Gasteiger partial charge in [0, 0.05) is 18.2 Å². The first-order valence-corrected chi connectivity index (χ1v) is 10.5. The number of hydrogen-bond donors (Lipinski definition) is 1. The molecule has 0 bridgehead atoms. The molecule has 1 amide bonds. The summed E-state index contributed by atoms with van der Waals surface area (Å²) in [6.07, 6.45) is 1.22. The first kappa shape index (κ1) is 22.5. The maximum Gasteiger partial charge on any atom is 0.273 e. The standard InChI is InChI=1S/C25H31N3O3/c1-16-9-7-12-20(23(28-30-6)24(29)26-5)21(16)15-31-27-17(2)18-10-8-11-19(13-18)22-14-25(22,3)4/h7-13,22H,14-15H2,1-6H3,(H,26,29)/b27-17+,28-23+. The first-order chi connectivity index (χ1) is 14.8. The van der Waals surface area contributed by atoms with Crippen LogP contribution in [-0.2, 0) is 21.1 Å². The summed E-state index contributed by atoms with van der Waals surface area (Å²) in [6.45, 7) is 8.73. The molecule has 1 aliphatic carbocycles. The molecule has 0 aliphatic heterocycles. The van der Waals surface area contributed by atoms with Gasteiger partial charge in [-0.15, -0.1) is 0 Å². The van der Waals surface area contributed by atoms with Crippen molar-refractivity contribution in [2.45, 2.75) is 46.6 Å². The predicted molar refractivity (Wildman–Crippen MR) is 123 cm³/mol. The monoisotopic (exact) mass is 421 g/mol.